The zero-order chi connectivity index (χ0) is 14.4. The van der Waals surface area contributed by atoms with Crippen molar-refractivity contribution in [2.45, 2.75) is 31.5 Å². The molecule has 1 amide bonds. The fourth-order valence-electron chi connectivity index (χ4n) is 1.92. The van der Waals surface area contributed by atoms with Crippen molar-refractivity contribution in [1.82, 2.24) is 19.8 Å². The fourth-order valence-corrected chi connectivity index (χ4v) is 1.92. The summed E-state index contributed by atoms with van der Waals surface area (Å²) in [7, 11) is 2.57. The predicted octanol–water partition coefficient (Wildman–Crippen LogP) is 1.52. The highest BCUT2D eigenvalue weighted by Crippen LogP contribution is 2.43. The van der Waals surface area contributed by atoms with Crippen LogP contribution in [0.25, 0.3) is 0 Å². The molecular weight excluding hydrogens is 265 g/mol. The van der Waals surface area contributed by atoms with Gasteiger partial charge in [-0.05, 0) is 0 Å². The van der Waals surface area contributed by atoms with Gasteiger partial charge in [0.25, 0.3) is 5.92 Å². The SMILES string of the molecule is CON(C)C(=O)c1nc2n(n1)[C@H](C(C)(F)F)C[C@@H]2F. The summed E-state index contributed by atoms with van der Waals surface area (Å²) in [5, 5.41) is 4.50. The number of carbonyl (C=O) groups excluding carboxylic acids is 1. The normalized spacial score (nSPS) is 22.4. The van der Waals surface area contributed by atoms with Gasteiger partial charge in [-0.15, -0.1) is 5.10 Å². The van der Waals surface area contributed by atoms with Crippen molar-refractivity contribution in [1.29, 1.82) is 0 Å². The smallest absolute Gasteiger partial charge is 0.274 e. The molecule has 0 fully saturated rings. The van der Waals surface area contributed by atoms with Gasteiger partial charge in [0.05, 0.1) is 7.11 Å². The molecule has 0 aromatic carbocycles. The summed E-state index contributed by atoms with van der Waals surface area (Å²) in [6, 6.07) is -1.43. The van der Waals surface area contributed by atoms with Gasteiger partial charge < -0.3 is 0 Å². The summed E-state index contributed by atoms with van der Waals surface area (Å²) in [5.41, 5.74) is 0. The van der Waals surface area contributed by atoms with E-state index in [1.165, 1.54) is 14.2 Å². The Kier molecular flexibility index (Phi) is 3.25. The van der Waals surface area contributed by atoms with Crippen LogP contribution in [0.4, 0.5) is 13.2 Å². The van der Waals surface area contributed by atoms with E-state index in [-0.39, 0.29) is 11.6 Å². The molecule has 9 heteroatoms. The van der Waals surface area contributed by atoms with Gasteiger partial charge in [-0.2, -0.15) is 0 Å². The van der Waals surface area contributed by atoms with Gasteiger partial charge in [0.2, 0.25) is 5.82 Å². The average molecular weight is 278 g/mol. The Labute approximate surface area is 107 Å². The molecular formula is C10H13F3N4O2. The largest absolute Gasteiger partial charge is 0.316 e. The Hall–Kier alpha value is -1.64. The maximum absolute atomic E-state index is 13.6. The molecule has 0 unspecified atom stereocenters. The van der Waals surface area contributed by atoms with Crippen LogP contribution in [-0.2, 0) is 4.84 Å². The summed E-state index contributed by atoms with van der Waals surface area (Å²) in [4.78, 5) is 20.0. The highest BCUT2D eigenvalue weighted by molar-refractivity contribution is 5.89. The van der Waals surface area contributed by atoms with Crippen LogP contribution in [0.2, 0.25) is 0 Å². The van der Waals surface area contributed by atoms with Gasteiger partial charge in [0.15, 0.2) is 12.0 Å². The van der Waals surface area contributed by atoms with Gasteiger partial charge in [-0.3, -0.25) is 9.63 Å². The number of carbonyl (C=O) groups is 1. The number of rotatable bonds is 3. The Morgan fingerprint density at radius 2 is 2.21 bits per heavy atom. The molecule has 19 heavy (non-hydrogen) atoms. The maximum Gasteiger partial charge on any atom is 0.316 e. The van der Waals surface area contributed by atoms with E-state index in [1.807, 2.05) is 0 Å². The average Bonchev–Trinajstić information content (AvgIpc) is 2.87. The number of amides is 1. The molecule has 2 atom stereocenters. The Morgan fingerprint density at radius 3 is 2.74 bits per heavy atom. The molecule has 0 spiro atoms. The number of hydrogen-bond acceptors (Lipinski definition) is 4. The summed E-state index contributed by atoms with van der Waals surface area (Å²) in [5.74, 6) is -4.48. The van der Waals surface area contributed by atoms with Crippen LogP contribution in [0.3, 0.4) is 0 Å². The number of halogens is 3. The molecule has 1 aliphatic heterocycles. The number of aromatic nitrogens is 3. The maximum atomic E-state index is 13.6. The quantitative estimate of drug-likeness (QED) is 0.787. The van der Waals surface area contributed by atoms with Crippen LogP contribution in [0.1, 0.15) is 42.0 Å². The number of nitrogens with zero attached hydrogens (tertiary/aromatic N) is 4. The van der Waals surface area contributed by atoms with Gasteiger partial charge in [-0.25, -0.2) is 27.9 Å². The van der Waals surface area contributed by atoms with Crippen molar-refractivity contribution >= 4 is 5.91 Å². The van der Waals surface area contributed by atoms with Crippen LogP contribution in [-0.4, -0.2) is 45.8 Å². The van der Waals surface area contributed by atoms with E-state index >= 15 is 0 Å². The molecule has 2 rings (SSSR count). The first kappa shape index (κ1) is 13.8. The number of hydrogen-bond donors (Lipinski definition) is 0. The molecule has 0 radical (unpaired) electrons. The van der Waals surface area contributed by atoms with E-state index in [2.05, 4.69) is 14.9 Å². The summed E-state index contributed by atoms with van der Waals surface area (Å²) in [6.07, 6.45) is -2.05. The third-order valence-corrected chi connectivity index (χ3v) is 3.00. The van der Waals surface area contributed by atoms with Crippen molar-refractivity contribution in [3.8, 4) is 0 Å². The zero-order valence-electron chi connectivity index (χ0n) is 10.6. The number of hydroxylamine groups is 2. The van der Waals surface area contributed by atoms with E-state index in [9.17, 15) is 18.0 Å². The molecule has 2 heterocycles. The standard InChI is InChI=1S/C10H13F3N4O2/c1-10(12,13)6-4-5(11)8-14-7(15-17(6)8)9(18)16(2)19-3/h5-6H,4H2,1-3H3/t5-,6-/m0/s1. The topological polar surface area (TPSA) is 60.2 Å². The molecule has 0 aliphatic carbocycles. The van der Waals surface area contributed by atoms with Gasteiger partial charge >= 0.3 is 5.91 Å². The van der Waals surface area contributed by atoms with Crippen LogP contribution in [0.15, 0.2) is 0 Å². The third kappa shape index (κ3) is 2.29. The lowest BCUT2D eigenvalue weighted by Crippen LogP contribution is -2.28. The van der Waals surface area contributed by atoms with Gasteiger partial charge in [0.1, 0.15) is 6.04 Å². The first-order valence-electron chi connectivity index (χ1n) is 5.56. The van der Waals surface area contributed by atoms with Crippen molar-refractivity contribution in [2.75, 3.05) is 14.2 Å². The Balaban J connectivity index is 2.36. The highest BCUT2D eigenvalue weighted by Gasteiger charge is 2.46. The minimum Gasteiger partial charge on any atom is -0.274 e. The summed E-state index contributed by atoms with van der Waals surface area (Å²) < 4.78 is 41.1. The first-order valence-corrected chi connectivity index (χ1v) is 5.56. The summed E-state index contributed by atoms with van der Waals surface area (Å²) >= 11 is 0. The third-order valence-electron chi connectivity index (χ3n) is 3.00. The van der Waals surface area contributed by atoms with E-state index < -0.39 is 30.5 Å². The minimum absolute atomic E-state index is 0.251. The molecule has 1 aliphatic rings. The predicted molar refractivity (Wildman–Crippen MR) is 57.2 cm³/mol. The zero-order valence-corrected chi connectivity index (χ0v) is 10.6. The molecule has 1 aromatic rings. The van der Waals surface area contributed by atoms with E-state index in [1.54, 1.807) is 0 Å². The summed E-state index contributed by atoms with van der Waals surface area (Å²) in [6.45, 7) is 0.684. The first-order chi connectivity index (χ1) is 8.75. The number of alkyl halides is 3. The van der Waals surface area contributed by atoms with E-state index in [0.717, 1.165) is 9.75 Å². The molecule has 0 bridgehead atoms. The second-order valence-corrected chi connectivity index (χ2v) is 4.40. The van der Waals surface area contributed by atoms with Crippen LogP contribution in [0.5, 0.6) is 0 Å². The second-order valence-electron chi connectivity index (χ2n) is 4.40. The van der Waals surface area contributed by atoms with Crippen molar-refractivity contribution in [3.05, 3.63) is 11.6 Å². The fraction of sp³-hybridized carbons (Fsp3) is 0.700. The lowest BCUT2D eigenvalue weighted by molar-refractivity contribution is -0.0766. The molecule has 0 N–H and O–H groups in total. The van der Waals surface area contributed by atoms with Gasteiger partial charge in [-0.1, -0.05) is 0 Å². The Morgan fingerprint density at radius 1 is 1.58 bits per heavy atom. The van der Waals surface area contributed by atoms with Crippen LogP contribution < -0.4 is 0 Å². The molecule has 106 valence electrons. The Bertz CT molecular complexity index is 499. The van der Waals surface area contributed by atoms with Crippen molar-refractivity contribution in [3.63, 3.8) is 0 Å². The van der Waals surface area contributed by atoms with Crippen LogP contribution in [0, 0.1) is 0 Å². The van der Waals surface area contributed by atoms with E-state index in [0.29, 0.717) is 6.92 Å². The molecule has 1 aromatic heterocycles. The van der Waals surface area contributed by atoms with Crippen LogP contribution >= 0.6 is 0 Å². The van der Waals surface area contributed by atoms with Crippen molar-refractivity contribution < 1.29 is 22.8 Å². The lowest BCUT2D eigenvalue weighted by atomic mass is 10.1. The minimum atomic E-state index is -3.14. The molecule has 6 nitrogen and oxygen atoms in total. The van der Waals surface area contributed by atoms with Crippen molar-refractivity contribution in [2.24, 2.45) is 0 Å². The van der Waals surface area contributed by atoms with Gasteiger partial charge in [0, 0.05) is 20.4 Å². The van der Waals surface area contributed by atoms with E-state index in [4.69, 9.17) is 0 Å². The molecule has 0 saturated heterocycles. The monoisotopic (exact) mass is 278 g/mol. The number of fused-ring (bicyclic) bond motifs is 1. The second kappa shape index (κ2) is 4.48. The lowest BCUT2D eigenvalue weighted by Gasteiger charge is -2.19. The molecule has 0 saturated carbocycles. The highest BCUT2D eigenvalue weighted by atomic mass is 19.3.